The summed E-state index contributed by atoms with van der Waals surface area (Å²) in [6.07, 6.45) is 2.14. The van der Waals surface area contributed by atoms with E-state index in [-0.39, 0.29) is 24.8 Å². The van der Waals surface area contributed by atoms with Crippen LogP contribution < -0.4 is 9.62 Å². The van der Waals surface area contributed by atoms with Crippen molar-refractivity contribution in [3.8, 4) is 0 Å². The molecule has 0 aliphatic heterocycles. The summed E-state index contributed by atoms with van der Waals surface area (Å²) >= 11 is 0. The van der Waals surface area contributed by atoms with Gasteiger partial charge in [0.25, 0.3) is 0 Å². The Labute approximate surface area is 204 Å². The fourth-order valence-corrected chi connectivity index (χ4v) is 5.07. The van der Waals surface area contributed by atoms with Gasteiger partial charge in [-0.3, -0.25) is 13.9 Å². The van der Waals surface area contributed by atoms with Crippen LogP contribution in [0.25, 0.3) is 0 Å². The first kappa shape index (κ1) is 27.4. The van der Waals surface area contributed by atoms with Crippen molar-refractivity contribution in [3.63, 3.8) is 0 Å². The number of sulfonamides is 1. The third-order valence-corrected chi connectivity index (χ3v) is 6.89. The number of amides is 2. The minimum atomic E-state index is -3.51. The second kappa shape index (κ2) is 12.6. The molecular formula is C26H37N3O4S. The molecule has 2 amide bonds. The smallest absolute Gasteiger partial charge is 0.242 e. The van der Waals surface area contributed by atoms with E-state index < -0.39 is 16.1 Å². The third kappa shape index (κ3) is 7.58. The van der Waals surface area contributed by atoms with Crippen LogP contribution in [0.2, 0.25) is 0 Å². The van der Waals surface area contributed by atoms with E-state index in [0.717, 1.165) is 16.7 Å². The molecule has 186 valence electrons. The number of benzene rings is 2. The van der Waals surface area contributed by atoms with E-state index in [9.17, 15) is 18.0 Å². The predicted molar refractivity (Wildman–Crippen MR) is 137 cm³/mol. The molecule has 2 aromatic rings. The quantitative estimate of drug-likeness (QED) is 0.493. The molecule has 0 radical (unpaired) electrons. The third-order valence-electron chi connectivity index (χ3n) is 5.71. The molecule has 0 saturated heterocycles. The molecule has 1 N–H and O–H groups in total. The minimum absolute atomic E-state index is 0.139. The molecule has 8 heteroatoms. The Hall–Kier alpha value is -2.87. The summed E-state index contributed by atoms with van der Waals surface area (Å²) in [4.78, 5) is 27.7. The summed E-state index contributed by atoms with van der Waals surface area (Å²) in [5.41, 5.74) is 3.50. The highest BCUT2D eigenvalue weighted by molar-refractivity contribution is 7.92. The Morgan fingerprint density at radius 3 is 2.32 bits per heavy atom. The van der Waals surface area contributed by atoms with Gasteiger partial charge < -0.3 is 10.2 Å². The van der Waals surface area contributed by atoms with Crippen molar-refractivity contribution in [2.24, 2.45) is 0 Å². The van der Waals surface area contributed by atoms with Crippen LogP contribution in [0.15, 0.2) is 48.5 Å². The van der Waals surface area contributed by atoms with Crippen LogP contribution in [-0.4, -0.2) is 50.5 Å². The van der Waals surface area contributed by atoms with Gasteiger partial charge in [0.15, 0.2) is 0 Å². The topological polar surface area (TPSA) is 86.8 Å². The van der Waals surface area contributed by atoms with Gasteiger partial charge in [0, 0.05) is 26.1 Å². The van der Waals surface area contributed by atoms with Crippen molar-refractivity contribution < 1.29 is 18.0 Å². The highest BCUT2D eigenvalue weighted by Gasteiger charge is 2.28. The zero-order valence-corrected chi connectivity index (χ0v) is 21.7. The number of aryl methyl sites for hydroxylation is 2. The van der Waals surface area contributed by atoms with E-state index >= 15 is 0 Å². The molecule has 0 aliphatic carbocycles. The van der Waals surface area contributed by atoms with Crippen molar-refractivity contribution in [2.75, 3.05) is 23.7 Å². The molecular weight excluding hydrogens is 450 g/mol. The number of para-hydroxylation sites is 1. The highest BCUT2D eigenvalue weighted by Crippen LogP contribution is 2.23. The average Bonchev–Trinajstić information content (AvgIpc) is 2.76. The maximum Gasteiger partial charge on any atom is 0.242 e. The molecule has 0 spiro atoms. The summed E-state index contributed by atoms with van der Waals surface area (Å²) in [5.74, 6) is -0.346. The van der Waals surface area contributed by atoms with Crippen LogP contribution in [-0.2, 0) is 26.2 Å². The van der Waals surface area contributed by atoms with Crippen LogP contribution in [0.5, 0.6) is 0 Å². The Morgan fingerprint density at radius 1 is 1.03 bits per heavy atom. The second-order valence-electron chi connectivity index (χ2n) is 8.55. The number of hydrogen-bond acceptors (Lipinski definition) is 4. The number of nitrogens with zero attached hydrogens (tertiary/aromatic N) is 2. The molecule has 2 rings (SSSR count). The van der Waals surface area contributed by atoms with Crippen LogP contribution in [0.1, 0.15) is 49.8 Å². The van der Waals surface area contributed by atoms with Gasteiger partial charge in [-0.25, -0.2) is 8.42 Å². The first-order valence-corrected chi connectivity index (χ1v) is 13.6. The summed E-state index contributed by atoms with van der Waals surface area (Å²) in [6.45, 7) is 8.59. The Morgan fingerprint density at radius 2 is 1.74 bits per heavy atom. The first-order chi connectivity index (χ1) is 16.1. The number of carbonyl (C=O) groups is 2. The van der Waals surface area contributed by atoms with Gasteiger partial charge in [-0.05, 0) is 50.8 Å². The van der Waals surface area contributed by atoms with Crippen molar-refractivity contribution in [1.29, 1.82) is 0 Å². The number of rotatable bonds is 12. The zero-order chi connectivity index (χ0) is 25.3. The monoisotopic (exact) mass is 487 g/mol. The summed E-state index contributed by atoms with van der Waals surface area (Å²) in [6, 6.07) is 14.6. The van der Waals surface area contributed by atoms with Gasteiger partial charge in [-0.1, -0.05) is 55.0 Å². The Bertz CT molecular complexity index is 1080. The fourth-order valence-electron chi connectivity index (χ4n) is 4.04. The van der Waals surface area contributed by atoms with Gasteiger partial charge in [0.2, 0.25) is 21.8 Å². The Balaban J connectivity index is 2.21. The van der Waals surface area contributed by atoms with Gasteiger partial charge in [-0.15, -0.1) is 0 Å². The number of carbonyl (C=O) groups excluding carboxylic acids is 2. The molecule has 7 nitrogen and oxygen atoms in total. The lowest BCUT2D eigenvalue weighted by atomic mass is 10.1. The van der Waals surface area contributed by atoms with Crippen molar-refractivity contribution in [2.45, 2.75) is 59.5 Å². The SMILES string of the molecule is CCNC(=O)[C@H](CC)N(Cc1cccc(C)c1)C(=O)CCCN(c1ccccc1C)S(C)(=O)=O. The molecule has 0 unspecified atom stereocenters. The summed E-state index contributed by atoms with van der Waals surface area (Å²) in [7, 11) is -3.51. The highest BCUT2D eigenvalue weighted by atomic mass is 32.2. The summed E-state index contributed by atoms with van der Waals surface area (Å²) < 4.78 is 26.3. The first-order valence-electron chi connectivity index (χ1n) is 11.7. The number of likely N-dealkylation sites (N-methyl/N-ethyl adjacent to an activating group) is 1. The second-order valence-corrected chi connectivity index (χ2v) is 10.5. The van der Waals surface area contributed by atoms with E-state index in [2.05, 4.69) is 5.32 Å². The van der Waals surface area contributed by atoms with Gasteiger partial charge in [0.05, 0.1) is 11.9 Å². The zero-order valence-electron chi connectivity index (χ0n) is 20.9. The van der Waals surface area contributed by atoms with E-state index in [1.807, 2.05) is 64.1 Å². The maximum absolute atomic E-state index is 13.4. The van der Waals surface area contributed by atoms with E-state index in [1.54, 1.807) is 17.0 Å². The lowest BCUT2D eigenvalue weighted by Gasteiger charge is -2.31. The molecule has 34 heavy (non-hydrogen) atoms. The molecule has 0 aliphatic rings. The molecule has 2 aromatic carbocycles. The minimum Gasteiger partial charge on any atom is -0.355 e. The fraction of sp³-hybridized carbons (Fsp3) is 0.462. The Kier molecular flexibility index (Phi) is 10.1. The molecule has 0 bridgehead atoms. The van der Waals surface area contributed by atoms with Crippen molar-refractivity contribution >= 4 is 27.5 Å². The molecule has 0 fully saturated rings. The maximum atomic E-state index is 13.4. The van der Waals surface area contributed by atoms with Gasteiger partial charge in [0.1, 0.15) is 6.04 Å². The van der Waals surface area contributed by atoms with Gasteiger partial charge >= 0.3 is 0 Å². The predicted octanol–water partition coefficient (Wildman–Crippen LogP) is 3.79. The van der Waals surface area contributed by atoms with Crippen LogP contribution in [0.3, 0.4) is 0 Å². The molecule has 0 heterocycles. The van der Waals surface area contributed by atoms with E-state index in [4.69, 9.17) is 0 Å². The van der Waals surface area contributed by atoms with Crippen LogP contribution in [0.4, 0.5) is 5.69 Å². The molecule has 0 aromatic heterocycles. The van der Waals surface area contributed by atoms with Gasteiger partial charge in [-0.2, -0.15) is 0 Å². The number of anilines is 1. The van der Waals surface area contributed by atoms with Crippen LogP contribution >= 0.6 is 0 Å². The lowest BCUT2D eigenvalue weighted by Crippen LogP contribution is -2.49. The average molecular weight is 488 g/mol. The molecule has 1 atom stereocenters. The number of nitrogens with one attached hydrogen (secondary N) is 1. The van der Waals surface area contributed by atoms with Crippen LogP contribution in [0, 0.1) is 13.8 Å². The summed E-state index contributed by atoms with van der Waals surface area (Å²) in [5, 5.41) is 2.83. The largest absolute Gasteiger partial charge is 0.355 e. The van der Waals surface area contributed by atoms with E-state index in [0.29, 0.717) is 31.6 Å². The molecule has 0 saturated carbocycles. The lowest BCUT2D eigenvalue weighted by molar-refractivity contribution is -0.141. The van der Waals surface area contributed by atoms with E-state index in [1.165, 1.54) is 10.6 Å². The van der Waals surface area contributed by atoms with Crippen molar-refractivity contribution in [3.05, 3.63) is 65.2 Å². The standard InChI is InChI=1S/C26H37N3O4S/c1-6-23(26(31)27-7-2)28(19-22-14-10-12-20(3)18-22)25(30)16-11-17-29(34(5,32)33)24-15-9-8-13-21(24)4/h8-10,12-15,18,23H,6-7,11,16-17,19H2,1-5H3,(H,27,31)/t23-/m0/s1. The number of hydrogen-bond donors (Lipinski definition) is 1. The van der Waals surface area contributed by atoms with Crippen molar-refractivity contribution in [1.82, 2.24) is 10.2 Å². The normalized spacial score (nSPS) is 12.1.